The Morgan fingerprint density at radius 2 is 1.65 bits per heavy atom. The number of hydrogen-bond acceptors (Lipinski definition) is 6. The molecule has 0 amide bonds. The van der Waals surface area contributed by atoms with E-state index in [0.717, 1.165) is 25.5 Å². The number of rotatable bonds is 10. The van der Waals surface area contributed by atoms with Gasteiger partial charge in [-0.3, -0.25) is 0 Å². The number of primary sulfonamides is 1. The Kier molecular flexibility index (Phi) is 10.5. The van der Waals surface area contributed by atoms with E-state index < -0.39 is 16.0 Å². The lowest BCUT2D eigenvalue weighted by Crippen LogP contribution is -2.16. The Labute approximate surface area is 200 Å². The number of unbranched alkanes of at least 4 members (excludes halogenated alkanes) is 1. The zero-order valence-corrected chi connectivity index (χ0v) is 20.1. The summed E-state index contributed by atoms with van der Waals surface area (Å²) in [5, 5.41) is 20.6. The van der Waals surface area contributed by atoms with Crippen LogP contribution in [0.3, 0.4) is 0 Å². The minimum atomic E-state index is -4.19. The van der Waals surface area contributed by atoms with Gasteiger partial charge in [-0.15, -0.1) is 0 Å². The summed E-state index contributed by atoms with van der Waals surface area (Å²) >= 11 is 0. The van der Waals surface area contributed by atoms with Crippen molar-refractivity contribution in [1.29, 1.82) is 0 Å². The standard InChI is InChI=1S/C17H20N2O5S.C8H11N/c1-2-3-9-19-14-10-12(17(20)21)11-15(25(18,22)23)16(14)24-13-7-5-4-6-8-13;1-9-7-8-5-3-2-4-6-8/h4-8,10-11,19H,2-3,9H2,1H3,(H,20,21)(H2,18,22,23);2-6,9H,7H2,1H3. The minimum Gasteiger partial charge on any atom is -0.478 e. The van der Waals surface area contributed by atoms with Gasteiger partial charge >= 0.3 is 5.97 Å². The van der Waals surface area contributed by atoms with Crippen molar-refractivity contribution in [2.75, 3.05) is 18.9 Å². The molecule has 0 heterocycles. The van der Waals surface area contributed by atoms with Gasteiger partial charge < -0.3 is 20.5 Å². The van der Waals surface area contributed by atoms with Crippen LogP contribution in [0, 0.1) is 0 Å². The summed E-state index contributed by atoms with van der Waals surface area (Å²) in [4.78, 5) is 10.9. The van der Waals surface area contributed by atoms with Crippen molar-refractivity contribution >= 4 is 21.7 Å². The van der Waals surface area contributed by atoms with Gasteiger partial charge in [0.25, 0.3) is 0 Å². The van der Waals surface area contributed by atoms with Crippen molar-refractivity contribution in [1.82, 2.24) is 5.32 Å². The molecule has 0 aromatic heterocycles. The van der Waals surface area contributed by atoms with E-state index in [9.17, 15) is 18.3 Å². The third kappa shape index (κ3) is 8.51. The second-order valence-electron chi connectivity index (χ2n) is 7.41. The summed E-state index contributed by atoms with van der Waals surface area (Å²) in [5.74, 6) is -0.862. The fraction of sp³-hybridized carbons (Fsp3) is 0.240. The number of para-hydroxylation sites is 1. The Balaban J connectivity index is 0.000000379. The Hall–Kier alpha value is -3.40. The fourth-order valence-corrected chi connectivity index (χ4v) is 3.68. The van der Waals surface area contributed by atoms with Gasteiger partial charge in [-0.2, -0.15) is 0 Å². The number of benzene rings is 3. The summed E-state index contributed by atoms with van der Waals surface area (Å²) in [6.07, 6.45) is 1.75. The van der Waals surface area contributed by atoms with E-state index in [0.29, 0.717) is 12.3 Å². The topological polar surface area (TPSA) is 131 Å². The summed E-state index contributed by atoms with van der Waals surface area (Å²) in [6, 6.07) is 21.3. The van der Waals surface area contributed by atoms with E-state index >= 15 is 0 Å². The van der Waals surface area contributed by atoms with E-state index in [-0.39, 0.29) is 21.9 Å². The number of nitrogens with two attached hydrogens (primary N) is 1. The molecule has 8 nitrogen and oxygen atoms in total. The van der Waals surface area contributed by atoms with Crippen molar-refractivity contribution in [2.45, 2.75) is 31.2 Å². The predicted octanol–water partition coefficient (Wildman–Crippen LogP) is 4.44. The third-order valence-corrected chi connectivity index (χ3v) is 5.56. The second-order valence-corrected chi connectivity index (χ2v) is 8.94. The maximum Gasteiger partial charge on any atom is 0.335 e. The molecule has 0 aliphatic rings. The van der Waals surface area contributed by atoms with Crippen molar-refractivity contribution in [2.24, 2.45) is 5.14 Å². The van der Waals surface area contributed by atoms with Gasteiger partial charge in [0, 0.05) is 13.1 Å². The molecule has 0 saturated heterocycles. The molecule has 0 aliphatic heterocycles. The Morgan fingerprint density at radius 1 is 1.03 bits per heavy atom. The summed E-state index contributed by atoms with van der Waals surface area (Å²) in [5.41, 5.74) is 1.41. The SMILES string of the molecule is CCCCNc1cc(C(=O)O)cc(S(N)(=O)=O)c1Oc1ccccc1.CNCc1ccccc1. The van der Waals surface area contributed by atoms with E-state index in [1.165, 1.54) is 11.6 Å². The highest BCUT2D eigenvalue weighted by Crippen LogP contribution is 2.37. The molecule has 182 valence electrons. The average molecular weight is 486 g/mol. The van der Waals surface area contributed by atoms with Gasteiger partial charge in [-0.1, -0.05) is 61.9 Å². The second kappa shape index (κ2) is 13.3. The largest absolute Gasteiger partial charge is 0.478 e. The van der Waals surface area contributed by atoms with Crippen LogP contribution in [0.25, 0.3) is 0 Å². The molecule has 0 bridgehead atoms. The van der Waals surface area contributed by atoms with Gasteiger partial charge in [0.2, 0.25) is 10.0 Å². The minimum absolute atomic E-state index is 0.0187. The van der Waals surface area contributed by atoms with Crippen LogP contribution in [0.2, 0.25) is 0 Å². The summed E-state index contributed by atoms with van der Waals surface area (Å²) in [7, 11) is -2.24. The molecule has 5 N–H and O–H groups in total. The van der Waals surface area contributed by atoms with Crippen molar-refractivity contribution in [3.63, 3.8) is 0 Å². The number of carboxylic acids is 1. The van der Waals surface area contributed by atoms with Gasteiger partial charge in [0.1, 0.15) is 10.6 Å². The highest BCUT2D eigenvalue weighted by molar-refractivity contribution is 7.89. The van der Waals surface area contributed by atoms with E-state index in [1.807, 2.05) is 32.2 Å². The maximum absolute atomic E-state index is 12.0. The Bertz CT molecular complexity index is 1150. The van der Waals surface area contributed by atoms with E-state index in [4.69, 9.17) is 9.88 Å². The highest BCUT2D eigenvalue weighted by atomic mass is 32.2. The quantitative estimate of drug-likeness (QED) is 0.312. The van der Waals surface area contributed by atoms with Gasteiger partial charge in [0.05, 0.1) is 11.3 Å². The predicted molar refractivity (Wildman–Crippen MR) is 134 cm³/mol. The molecule has 34 heavy (non-hydrogen) atoms. The van der Waals surface area contributed by atoms with Crippen molar-refractivity contribution in [3.8, 4) is 11.5 Å². The third-order valence-electron chi connectivity index (χ3n) is 4.64. The number of anilines is 1. The molecule has 3 aromatic rings. The highest BCUT2D eigenvalue weighted by Gasteiger charge is 2.23. The smallest absolute Gasteiger partial charge is 0.335 e. The van der Waals surface area contributed by atoms with Crippen LogP contribution >= 0.6 is 0 Å². The first-order valence-electron chi connectivity index (χ1n) is 10.9. The molecule has 0 unspecified atom stereocenters. The van der Waals surface area contributed by atoms with Crippen LogP contribution in [0.1, 0.15) is 35.7 Å². The molecule has 0 atom stereocenters. The molecular formula is C25H31N3O5S. The van der Waals surface area contributed by atoms with E-state index in [1.54, 1.807) is 30.3 Å². The van der Waals surface area contributed by atoms with Crippen molar-refractivity contribution in [3.05, 3.63) is 83.9 Å². The molecule has 3 aromatic carbocycles. The molecule has 3 rings (SSSR count). The lowest BCUT2D eigenvalue weighted by molar-refractivity contribution is 0.0696. The first-order chi connectivity index (χ1) is 16.3. The first kappa shape index (κ1) is 26.8. The summed E-state index contributed by atoms with van der Waals surface area (Å²) < 4.78 is 29.7. The van der Waals surface area contributed by atoms with Crippen LogP contribution < -0.4 is 20.5 Å². The maximum atomic E-state index is 12.0. The van der Waals surface area contributed by atoms with Crippen LogP contribution in [-0.4, -0.2) is 33.1 Å². The molecule has 0 fully saturated rings. The average Bonchev–Trinajstić information content (AvgIpc) is 2.81. The Morgan fingerprint density at radius 3 is 2.18 bits per heavy atom. The normalized spacial score (nSPS) is 10.7. The molecule has 9 heteroatoms. The van der Waals surface area contributed by atoms with Crippen molar-refractivity contribution < 1.29 is 23.1 Å². The molecule has 0 spiro atoms. The lowest BCUT2D eigenvalue weighted by Gasteiger charge is -2.17. The molecular weight excluding hydrogens is 454 g/mol. The number of sulfonamides is 1. The summed E-state index contributed by atoms with van der Waals surface area (Å²) in [6.45, 7) is 3.50. The molecule has 0 aliphatic carbocycles. The van der Waals surface area contributed by atoms with Gasteiger partial charge in [-0.05, 0) is 43.3 Å². The first-order valence-corrected chi connectivity index (χ1v) is 12.4. The van der Waals surface area contributed by atoms with Gasteiger partial charge in [-0.25, -0.2) is 18.4 Å². The van der Waals surface area contributed by atoms with Crippen LogP contribution in [0.15, 0.2) is 77.7 Å². The zero-order chi connectivity index (χ0) is 25.0. The molecule has 0 radical (unpaired) electrons. The monoisotopic (exact) mass is 485 g/mol. The van der Waals surface area contributed by atoms with Crippen LogP contribution in [-0.2, 0) is 16.6 Å². The van der Waals surface area contributed by atoms with Gasteiger partial charge in [0.15, 0.2) is 5.75 Å². The molecule has 0 saturated carbocycles. The lowest BCUT2D eigenvalue weighted by atomic mass is 10.1. The number of nitrogens with one attached hydrogen (secondary N) is 2. The van der Waals surface area contributed by atoms with Crippen LogP contribution in [0.4, 0.5) is 5.69 Å². The number of ether oxygens (including phenoxy) is 1. The number of carboxylic acid groups (broad SMARTS) is 1. The van der Waals surface area contributed by atoms with E-state index in [2.05, 4.69) is 22.8 Å². The number of hydrogen-bond donors (Lipinski definition) is 4. The van der Waals surface area contributed by atoms with Crippen LogP contribution in [0.5, 0.6) is 11.5 Å². The fourth-order valence-electron chi connectivity index (χ4n) is 2.98. The number of aromatic carboxylic acids is 1. The zero-order valence-electron chi connectivity index (χ0n) is 19.3. The number of carbonyl (C=O) groups is 1.